The number of carboxylic acid groups (broad SMARTS) is 1. The zero-order chi connectivity index (χ0) is 15.6. The second-order valence-corrected chi connectivity index (χ2v) is 5.33. The molecular formula is C13H8BrClN2O4. The fourth-order valence-electron chi connectivity index (χ4n) is 1.69. The lowest BCUT2D eigenvalue weighted by molar-refractivity contribution is -0.385. The summed E-state index contributed by atoms with van der Waals surface area (Å²) < 4.78 is 0.681. The van der Waals surface area contributed by atoms with Gasteiger partial charge in [-0.3, -0.25) is 10.1 Å². The van der Waals surface area contributed by atoms with Gasteiger partial charge in [-0.25, -0.2) is 4.79 Å². The maximum Gasteiger partial charge on any atom is 0.342 e. The number of nitro groups is 1. The molecule has 0 saturated heterocycles. The molecular weight excluding hydrogens is 364 g/mol. The molecule has 0 aliphatic carbocycles. The van der Waals surface area contributed by atoms with Crippen molar-refractivity contribution >= 4 is 50.6 Å². The van der Waals surface area contributed by atoms with Gasteiger partial charge in [-0.15, -0.1) is 0 Å². The first kappa shape index (κ1) is 15.3. The monoisotopic (exact) mass is 370 g/mol. The Kier molecular flexibility index (Phi) is 4.44. The molecule has 0 amide bonds. The lowest BCUT2D eigenvalue weighted by atomic mass is 10.1. The zero-order valence-corrected chi connectivity index (χ0v) is 12.7. The van der Waals surface area contributed by atoms with Crippen LogP contribution < -0.4 is 5.32 Å². The molecule has 8 heteroatoms. The summed E-state index contributed by atoms with van der Waals surface area (Å²) in [5, 5.41) is 23.4. The van der Waals surface area contributed by atoms with E-state index in [4.69, 9.17) is 16.7 Å². The molecule has 0 spiro atoms. The molecule has 2 aromatic carbocycles. The lowest BCUT2D eigenvalue weighted by Gasteiger charge is -2.09. The van der Waals surface area contributed by atoms with Crippen LogP contribution in [0.25, 0.3) is 0 Å². The Hall–Kier alpha value is -2.12. The average molecular weight is 372 g/mol. The summed E-state index contributed by atoms with van der Waals surface area (Å²) in [5.74, 6) is -1.35. The summed E-state index contributed by atoms with van der Waals surface area (Å²) >= 11 is 9.14. The maximum atomic E-state index is 10.9. The first-order chi connectivity index (χ1) is 9.88. The summed E-state index contributed by atoms with van der Waals surface area (Å²) in [4.78, 5) is 21.1. The number of carboxylic acids is 1. The highest BCUT2D eigenvalue weighted by Crippen LogP contribution is 2.30. The minimum Gasteiger partial charge on any atom is -0.477 e. The van der Waals surface area contributed by atoms with Crippen molar-refractivity contribution in [2.24, 2.45) is 0 Å². The number of anilines is 2. The van der Waals surface area contributed by atoms with E-state index in [0.29, 0.717) is 20.9 Å². The van der Waals surface area contributed by atoms with Crippen molar-refractivity contribution in [3.05, 3.63) is 61.6 Å². The highest BCUT2D eigenvalue weighted by Gasteiger charge is 2.20. The van der Waals surface area contributed by atoms with Crippen molar-refractivity contribution < 1.29 is 14.8 Å². The Morgan fingerprint density at radius 2 is 2.00 bits per heavy atom. The first-order valence-electron chi connectivity index (χ1n) is 5.62. The van der Waals surface area contributed by atoms with Gasteiger partial charge in [0.25, 0.3) is 5.69 Å². The molecule has 0 heterocycles. The molecule has 0 unspecified atom stereocenters. The molecule has 0 atom stereocenters. The van der Waals surface area contributed by atoms with Gasteiger partial charge in [0.05, 0.1) is 10.6 Å². The van der Waals surface area contributed by atoms with E-state index >= 15 is 0 Å². The summed E-state index contributed by atoms with van der Waals surface area (Å²) in [6.45, 7) is 0. The van der Waals surface area contributed by atoms with Gasteiger partial charge in [-0.2, -0.15) is 0 Å². The predicted molar refractivity (Wildman–Crippen MR) is 82.5 cm³/mol. The van der Waals surface area contributed by atoms with Crippen molar-refractivity contribution in [2.75, 3.05) is 5.32 Å². The van der Waals surface area contributed by atoms with E-state index in [9.17, 15) is 14.9 Å². The molecule has 108 valence electrons. The minimum atomic E-state index is -1.35. The van der Waals surface area contributed by atoms with E-state index in [-0.39, 0.29) is 5.56 Å². The molecule has 0 saturated carbocycles. The van der Waals surface area contributed by atoms with Gasteiger partial charge in [0, 0.05) is 21.2 Å². The van der Waals surface area contributed by atoms with Gasteiger partial charge in [0.15, 0.2) is 0 Å². The smallest absolute Gasteiger partial charge is 0.342 e. The largest absolute Gasteiger partial charge is 0.477 e. The highest BCUT2D eigenvalue weighted by atomic mass is 79.9. The summed E-state index contributed by atoms with van der Waals surface area (Å²) in [5.41, 5.74) is 0.213. The van der Waals surface area contributed by atoms with Gasteiger partial charge < -0.3 is 10.4 Å². The molecule has 0 bridgehead atoms. The summed E-state index contributed by atoms with van der Waals surface area (Å²) in [6, 6.07) is 8.84. The third kappa shape index (κ3) is 3.50. The number of rotatable bonds is 4. The second-order valence-electron chi connectivity index (χ2n) is 4.04. The normalized spacial score (nSPS) is 10.2. The van der Waals surface area contributed by atoms with Crippen molar-refractivity contribution in [1.82, 2.24) is 0 Å². The van der Waals surface area contributed by atoms with E-state index in [1.807, 2.05) is 0 Å². The quantitative estimate of drug-likeness (QED) is 0.612. The number of nitrogens with one attached hydrogen (secondary N) is 1. The second kappa shape index (κ2) is 6.11. The van der Waals surface area contributed by atoms with Crippen LogP contribution in [-0.4, -0.2) is 16.0 Å². The van der Waals surface area contributed by atoms with Gasteiger partial charge in [-0.1, -0.05) is 11.6 Å². The molecule has 2 rings (SSSR count). The van der Waals surface area contributed by atoms with E-state index in [0.717, 1.165) is 0 Å². The zero-order valence-electron chi connectivity index (χ0n) is 10.3. The fourth-order valence-corrected chi connectivity index (χ4v) is 2.47. The molecule has 0 fully saturated rings. The Labute approximate surface area is 132 Å². The molecule has 0 aliphatic rings. The maximum absolute atomic E-state index is 10.9. The third-order valence-electron chi connectivity index (χ3n) is 2.63. The summed E-state index contributed by atoms with van der Waals surface area (Å²) in [6.07, 6.45) is 0. The van der Waals surface area contributed by atoms with E-state index in [1.54, 1.807) is 18.2 Å². The number of halogens is 2. The van der Waals surface area contributed by atoms with Crippen LogP contribution >= 0.6 is 27.5 Å². The molecule has 2 N–H and O–H groups in total. The molecule has 21 heavy (non-hydrogen) atoms. The van der Waals surface area contributed by atoms with Crippen LogP contribution in [0.1, 0.15) is 10.4 Å². The Morgan fingerprint density at radius 3 is 2.57 bits per heavy atom. The third-order valence-corrected chi connectivity index (χ3v) is 3.53. The van der Waals surface area contributed by atoms with Crippen molar-refractivity contribution in [3.63, 3.8) is 0 Å². The van der Waals surface area contributed by atoms with E-state index in [1.165, 1.54) is 18.2 Å². The molecule has 2 aromatic rings. The predicted octanol–water partition coefficient (Wildman–Crippen LogP) is 4.45. The van der Waals surface area contributed by atoms with Gasteiger partial charge in [0.1, 0.15) is 5.56 Å². The van der Waals surface area contributed by atoms with Gasteiger partial charge >= 0.3 is 5.97 Å². The van der Waals surface area contributed by atoms with E-state index < -0.39 is 16.6 Å². The van der Waals surface area contributed by atoms with Crippen molar-refractivity contribution in [3.8, 4) is 0 Å². The van der Waals surface area contributed by atoms with E-state index in [2.05, 4.69) is 21.2 Å². The standard InChI is InChI=1S/C13H8BrClN2O4/c14-10-5-7(15)1-4-11(10)16-8-2-3-9(13(18)19)12(6-8)17(20)21/h1-6,16H,(H,18,19). The summed E-state index contributed by atoms with van der Waals surface area (Å²) in [7, 11) is 0. The Morgan fingerprint density at radius 1 is 1.29 bits per heavy atom. The van der Waals surface area contributed by atoms with Crippen LogP contribution in [0.5, 0.6) is 0 Å². The lowest BCUT2D eigenvalue weighted by Crippen LogP contribution is -2.03. The van der Waals surface area contributed by atoms with Gasteiger partial charge in [0.2, 0.25) is 0 Å². The number of benzene rings is 2. The van der Waals surface area contributed by atoms with Crippen molar-refractivity contribution in [2.45, 2.75) is 0 Å². The fraction of sp³-hybridized carbons (Fsp3) is 0. The molecule has 6 nitrogen and oxygen atoms in total. The van der Waals surface area contributed by atoms with Crippen LogP contribution in [0, 0.1) is 10.1 Å². The first-order valence-corrected chi connectivity index (χ1v) is 6.79. The van der Waals surface area contributed by atoms with Crippen LogP contribution in [0.15, 0.2) is 40.9 Å². The molecule has 0 radical (unpaired) electrons. The Bertz CT molecular complexity index is 736. The highest BCUT2D eigenvalue weighted by molar-refractivity contribution is 9.10. The number of hydrogen-bond donors (Lipinski definition) is 2. The number of hydrogen-bond acceptors (Lipinski definition) is 4. The van der Waals surface area contributed by atoms with Crippen LogP contribution in [0.4, 0.5) is 17.1 Å². The number of aromatic carboxylic acids is 1. The van der Waals surface area contributed by atoms with Crippen molar-refractivity contribution in [1.29, 1.82) is 0 Å². The van der Waals surface area contributed by atoms with Crippen LogP contribution in [-0.2, 0) is 0 Å². The SMILES string of the molecule is O=C(O)c1ccc(Nc2ccc(Cl)cc2Br)cc1[N+](=O)[O-]. The number of carbonyl (C=O) groups is 1. The molecule has 0 aromatic heterocycles. The number of nitro benzene ring substituents is 1. The van der Waals surface area contributed by atoms with Crippen LogP contribution in [0.2, 0.25) is 5.02 Å². The molecule has 0 aliphatic heterocycles. The average Bonchev–Trinajstić information content (AvgIpc) is 2.41. The minimum absolute atomic E-state index is 0.360. The topological polar surface area (TPSA) is 92.5 Å². The number of nitrogens with zero attached hydrogens (tertiary/aromatic N) is 1. The van der Waals surface area contributed by atoms with Gasteiger partial charge in [-0.05, 0) is 46.3 Å². The Balaban J connectivity index is 2.39. The van der Waals surface area contributed by atoms with Crippen LogP contribution in [0.3, 0.4) is 0 Å².